The van der Waals surface area contributed by atoms with E-state index in [1.165, 1.54) is 0 Å². The Morgan fingerprint density at radius 2 is 1.75 bits per heavy atom. The number of aryl methyl sites for hydroxylation is 1. The van der Waals surface area contributed by atoms with E-state index >= 15 is 0 Å². The van der Waals surface area contributed by atoms with Gasteiger partial charge in [-0.2, -0.15) is 0 Å². The normalized spacial score (nSPS) is 15.8. The van der Waals surface area contributed by atoms with E-state index in [1.807, 2.05) is 61.2 Å². The topological polar surface area (TPSA) is 61.4 Å². The number of carbonyl (C=O) groups is 2. The van der Waals surface area contributed by atoms with E-state index in [-0.39, 0.29) is 23.8 Å². The summed E-state index contributed by atoms with van der Waals surface area (Å²) in [6.45, 7) is 5.20. The maximum Gasteiger partial charge on any atom is 0.321 e. The summed E-state index contributed by atoms with van der Waals surface area (Å²) in [4.78, 5) is 26.9. The Kier molecular flexibility index (Phi) is 6.57. The summed E-state index contributed by atoms with van der Waals surface area (Å²) in [5, 5.41) is 6.59. The molecule has 1 aliphatic rings. The Morgan fingerprint density at radius 3 is 2.39 bits per heavy atom. The second-order valence-electron chi connectivity index (χ2n) is 7.36. The lowest BCUT2D eigenvalue weighted by molar-refractivity contribution is -0.121. The summed E-state index contributed by atoms with van der Waals surface area (Å²) in [6, 6.07) is 14.8. The molecule has 0 bridgehead atoms. The molecular formula is C22H26ClN3O2. The molecule has 1 aliphatic heterocycles. The molecule has 3 rings (SSSR count). The molecule has 0 spiro atoms. The fourth-order valence-corrected chi connectivity index (χ4v) is 3.78. The minimum absolute atomic E-state index is 0.0117. The number of benzene rings is 2. The third-order valence-electron chi connectivity index (χ3n) is 5.42. The summed E-state index contributed by atoms with van der Waals surface area (Å²) in [5.74, 6) is 0.153. The quantitative estimate of drug-likeness (QED) is 0.745. The molecule has 0 aromatic heterocycles. The van der Waals surface area contributed by atoms with Crippen LogP contribution in [0.3, 0.4) is 0 Å². The molecule has 1 atom stereocenters. The number of anilines is 2. The zero-order chi connectivity index (χ0) is 20.1. The number of para-hydroxylation sites is 1. The first kappa shape index (κ1) is 20.2. The highest BCUT2D eigenvalue weighted by Crippen LogP contribution is 2.27. The van der Waals surface area contributed by atoms with Gasteiger partial charge in [0.05, 0.1) is 0 Å². The number of nitrogens with zero attached hydrogens (tertiary/aromatic N) is 1. The molecule has 2 N–H and O–H groups in total. The van der Waals surface area contributed by atoms with Crippen molar-refractivity contribution < 1.29 is 9.59 Å². The predicted molar refractivity (Wildman–Crippen MR) is 114 cm³/mol. The van der Waals surface area contributed by atoms with Crippen molar-refractivity contribution >= 4 is 34.9 Å². The molecule has 0 unspecified atom stereocenters. The number of hydrogen-bond donors (Lipinski definition) is 2. The smallest absolute Gasteiger partial charge is 0.321 e. The molecule has 1 heterocycles. The zero-order valence-corrected chi connectivity index (χ0v) is 17.0. The maximum atomic E-state index is 12.7. The molecule has 148 valence electrons. The van der Waals surface area contributed by atoms with Crippen LogP contribution >= 0.6 is 11.6 Å². The first-order chi connectivity index (χ1) is 13.4. The predicted octanol–water partition coefficient (Wildman–Crippen LogP) is 5.17. The Balaban J connectivity index is 1.51. The number of halogens is 1. The lowest BCUT2D eigenvalue weighted by atomic mass is 9.85. The molecule has 3 amide bonds. The molecule has 2 aromatic carbocycles. The minimum Gasteiger partial charge on any atom is -0.326 e. The Labute approximate surface area is 171 Å². The Morgan fingerprint density at radius 1 is 1.07 bits per heavy atom. The van der Waals surface area contributed by atoms with Gasteiger partial charge in [-0.3, -0.25) is 4.79 Å². The van der Waals surface area contributed by atoms with E-state index in [0.29, 0.717) is 18.1 Å². The SMILES string of the molecule is Cc1cc(Cl)ccc1NC(=O)[C@@H](C)C1CCN(C(=O)Nc2ccccc2)CC1. The fourth-order valence-electron chi connectivity index (χ4n) is 3.55. The van der Waals surface area contributed by atoms with Gasteiger partial charge in [0.1, 0.15) is 0 Å². The molecule has 1 fully saturated rings. The van der Waals surface area contributed by atoms with Crippen molar-refractivity contribution in [3.63, 3.8) is 0 Å². The van der Waals surface area contributed by atoms with Gasteiger partial charge in [-0.05, 0) is 61.6 Å². The van der Waals surface area contributed by atoms with Gasteiger partial charge in [-0.1, -0.05) is 36.7 Å². The number of carbonyl (C=O) groups excluding carboxylic acids is 2. The van der Waals surface area contributed by atoms with Crippen molar-refractivity contribution in [3.05, 3.63) is 59.1 Å². The van der Waals surface area contributed by atoms with Gasteiger partial charge in [0, 0.05) is 35.4 Å². The van der Waals surface area contributed by atoms with Crippen molar-refractivity contribution in [3.8, 4) is 0 Å². The van der Waals surface area contributed by atoms with Gasteiger partial charge in [0.15, 0.2) is 0 Å². The molecule has 1 saturated heterocycles. The standard InChI is InChI=1S/C22H26ClN3O2/c1-15-14-18(23)8-9-20(15)25-21(27)16(2)17-10-12-26(13-11-17)22(28)24-19-6-4-3-5-7-19/h3-9,14,16-17H,10-13H2,1-2H3,(H,24,28)(H,25,27)/t16-/m0/s1. The van der Waals surface area contributed by atoms with Crippen LogP contribution in [0.1, 0.15) is 25.3 Å². The third-order valence-corrected chi connectivity index (χ3v) is 5.65. The fraction of sp³-hybridized carbons (Fsp3) is 0.364. The molecule has 5 nitrogen and oxygen atoms in total. The summed E-state index contributed by atoms with van der Waals surface area (Å²) in [7, 11) is 0. The highest BCUT2D eigenvalue weighted by Gasteiger charge is 2.30. The number of amides is 3. The first-order valence-electron chi connectivity index (χ1n) is 9.62. The van der Waals surface area contributed by atoms with E-state index in [1.54, 1.807) is 6.07 Å². The number of likely N-dealkylation sites (tertiary alicyclic amines) is 1. The maximum absolute atomic E-state index is 12.7. The van der Waals surface area contributed by atoms with Crippen LogP contribution in [-0.4, -0.2) is 29.9 Å². The Hall–Kier alpha value is -2.53. The monoisotopic (exact) mass is 399 g/mol. The first-order valence-corrected chi connectivity index (χ1v) is 10.00. The van der Waals surface area contributed by atoms with E-state index in [4.69, 9.17) is 11.6 Å². The van der Waals surface area contributed by atoms with E-state index in [2.05, 4.69) is 10.6 Å². The molecule has 0 radical (unpaired) electrons. The second-order valence-corrected chi connectivity index (χ2v) is 7.79. The van der Waals surface area contributed by atoms with Gasteiger partial charge < -0.3 is 15.5 Å². The molecule has 28 heavy (non-hydrogen) atoms. The van der Waals surface area contributed by atoms with Gasteiger partial charge >= 0.3 is 6.03 Å². The minimum atomic E-state index is -0.116. The molecule has 0 aliphatic carbocycles. The van der Waals surface area contributed by atoms with Crippen LogP contribution in [0.2, 0.25) is 5.02 Å². The molecule has 0 saturated carbocycles. The van der Waals surface area contributed by atoms with Gasteiger partial charge in [0.2, 0.25) is 5.91 Å². The summed E-state index contributed by atoms with van der Waals surface area (Å²) < 4.78 is 0. The van der Waals surface area contributed by atoms with E-state index in [0.717, 1.165) is 29.8 Å². The highest BCUT2D eigenvalue weighted by molar-refractivity contribution is 6.30. The largest absolute Gasteiger partial charge is 0.326 e. The second kappa shape index (κ2) is 9.11. The van der Waals surface area contributed by atoms with Crippen LogP contribution in [0.5, 0.6) is 0 Å². The van der Waals surface area contributed by atoms with E-state index < -0.39 is 0 Å². The third kappa shape index (κ3) is 5.04. The van der Waals surface area contributed by atoms with Gasteiger partial charge in [-0.15, -0.1) is 0 Å². The van der Waals surface area contributed by atoms with Crippen molar-refractivity contribution in [1.82, 2.24) is 4.90 Å². The van der Waals surface area contributed by atoms with Crippen molar-refractivity contribution in [2.24, 2.45) is 11.8 Å². The number of urea groups is 1. The summed E-state index contributed by atoms with van der Waals surface area (Å²) in [5.41, 5.74) is 2.53. The number of hydrogen-bond acceptors (Lipinski definition) is 2. The molecular weight excluding hydrogens is 374 g/mol. The van der Waals surface area contributed by atoms with Gasteiger partial charge in [0.25, 0.3) is 0 Å². The summed E-state index contributed by atoms with van der Waals surface area (Å²) in [6.07, 6.45) is 1.63. The van der Waals surface area contributed by atoms with Crippen LogP contribution in [0, 0.1) is 18.8 Å². The van der Waals surface area contributed by atoms with Crippen LogP contribution in [-0.2, 0) is 4.79 Å². The van der Waals surface area contributed by atoms with Crippen molar-refractivity contribution in [1.29, 1.82) is 0 Å². The molecule has 2 aromatic rings. The lowest BCUT2D eigenvalue weighted by Gasteiger charge is -2.34. The highest BCUT2D eigenvalue weighted by atomic mass is 35.5. The Bertz CT molecular complexity index is 833. The lowest BCUT2D eigenvalue weighted by Crippen LogP contribution is -2.43. The van der Waals surface area contributed by atoms with Crippen LogP contribution in [0.15, 0.2) is 48.5 Å². The number of nitrogens with one attached hydrogen (secondary N) is 2. The van der Waals surface area contributed by atoms with Crippen molar-refractivity contribution in [2.45, 2.75) is 26.7 Å². The zero-order valence-electron chi connectivity index (χ0n) is 16.2. The number of piperidine rings is 1. The van der Waals surface area contributed by atoms with Gasteiger partial charge in [-0.25, -0.2) is 4.79 Å². The average molecular weight is 400 g/mol. The van der Waals surface area contributed by atoms with Crippen LogP contribution < -0.4 is 10.6 Å². The summed E-state index contributed by atoms with van der Waals surface area (Å²) >= 11 is 5.98. The molecule has 6 heteroatoms. The van der Waals surface area contributed by atoms with Crippen molar-refractivity contribution in [2.75, 3.05) is 23.7 Å². The van der Waals surface area contributed by atoms with E-state index in [9.17, 15) is 9.59 Å². The van der Waals surface area contributed by atoms with Crippen LogP contribution in [0.25, 0.3) is 0 Å². The average Bonchev–Trinajstić information content (AvgIpc) is 2.70. The van der Waals surface area contributed by atoms with Crippen LogP contribution in [0.4, 0.5) is 16.2 Å². The number of rotatable bonds is 4.